The van der Waals surface area contributed by atoms with E-state index in [0.717, 1.165) is 12.8 Å². The molecule has 0 bridgehead atoms. The van der Waals surface area contributed by atoms with Gasteiger partial charge in [-0.15, -0.1) is 0 Å². The zero-order chi connectivity index (χ0) is 22.8. The zero-order valence-electron chi connectivity index (χ0n) is 18.8. The first-order valence-corrected chi connectivity index (χ1v) is 10.2. The Balaban J connectivity index is 2.11. The van der Waals surface area contributed by atoms with Gasteiger partial charge < -0.3 is 19.5 Å². The van der Waals surface area contributed by atoms with Crippen LogP contribution in [0.5, 0.6) is 11.5 Å². The lowest BCUT2D eigenvalue weighted by Crippen LogP contribution is -2.36. The van der Waals surface area contributed by atoms with Crippen molar-refractivity contribution in [1.82, 2.24) is 4.90 Å². The monoisotopic (exact) mass is 414 g/mol. The molecule has 2 aromatic carbocycles. The van der Waals surface area contributed by atoms with Crippen LogP contribution in [0, 0.1) is 0 Å². The van der Waals surface area contributed by atoms with Gasteiger partial charge >= 0.3 is 5.97 Å². The fourth-order valence-corrected chi connectivity index (χ4v) is 2.93. The molecule has 0 fully saturated rings. The van der Waals surface area contributed by atoms with E-state index in [2.05, 4.69) is 0 Å². The Morgan fingerprint density at radius 1 is 1.07 bits per heavy atom. The van der Waals surface area contributed by atoms with E-state index < -0.39 is 12.5 Å². The Hall–Kier alpha value is -3.02. The van der Waals surface area contributed by atoms with Crippen molar-refractivity contribution in [2.24, 2.45) is 0 Å². The molecule has 0 radical (unpaired) electrons. The molecule has 0 aliphatic rings. The Kier molecular flexibility index (Phi) is 8.57. The van der Waals surface area contributed by atoms with E-state index in [-0.39, 0.29) is 18.4 Å². The number of carboxylic acids is 1. The molecule has 0 saturated carbocycles. The number of rotatable bonds is 12. The predicted octanol–water partition coefficient (Wildman–Crippen LogP) is 4.77. The van der Waals surface area contributed by atoms with Gasteiger partial charge in [-0.1, -0.05) is 18.2 Å². The van der Waals surface area contributed by atoms with Crippen molar-refractivity contribution in [3.05, 3.63) is 59.7 Å². The molecule has 0 aliphatic heterocycles. The summed E-state index contributed by atoms with van der Waals surface area (Å²) < 4.78 is 19.9. The van der Waals surface area contributed by atoms with Crippen LogP contribution in [-0.4, -0.2) is 41.6 Å². The summed E-state index contributed by atoms with van der Waals surface area (Å²) in [6, 6.07) is 13.9. The highest BCUT2D eigenvalue weighted by Crippen LogP contribution is 2.23. The summed E-state index contributed by atoms with van der Waals surface area (Å²) in [4.78, 5) is 25.3. The number of methoxy groups -OCH3 is 1. The van der Waals surface area contributed by atoms with Gasteiger partial charge in [-0.3, -0.25) is 9.59 Å². The maximum absolute atomic E-state index is 13.2. The number of para-hydroxylation sites is 1. The molecule has 1 atom stereocenters. The molecule has 1 amide bonds. The Morgan fingerprint density at radius 2 is 1.77 bits per heavy atom. The summed E-state index contributed by atoms with van der Waals surface area (Å²) in [6.07, 6.45) is 2.25. The molecular formula is C24H31NO5. The summed E-state index contributed by atoms with van der Waals surface area (Å²) in [7, 11) is 1.57. The Labute approximate surface area is 179 Å². The quantitative estimate of drug-likeness (QED) is 0.506. The Morgan fingerprint density at radius 3 is 2.40 bits per heavy atom. The predicted molar refractivity (Wildman–Crippen MR) is 116 cm³/mol. The fourth-order valence-electron chi connectivity index (χ4n) is 2.93. The molecule has 2 aromatic rings. The van der Waals surface area contributed by atoms with E-state index in [1.807, 2.05) is 26.0 Å². The summed E-state index contributed by atoms with van der Waals surface area (Å²) >= 11 is 0. The fraction of sp³-hybridized carbons (Fsp3) is 0.417. The maximum atomic E-state index is 13.2. The normalized spacial score (nSPS) is 12.2. The molecule has 0 aliphatic carbocycles. The average Bonchev–Trinajstić information content (AvgIpc) is 2.76. The number of nitrogens with zero attached hydrogens (tertiary/aromatic N) is 1. The molecule has 6 nitrogen and oxygen atoms in total. The number of amides is 1. The van der Waals surface area contributed by atoms with Crippen LogP contribution in [0.3, 0.4) is 0 Å². The van der Waals surface area contributed by atoms with Gasteiger partial charge in [0.15, 0.2) is 0 Å². The largest absolute Gasteiger partial charge is 0.497 e. The van der Waals surface area contributed by atoms with E-state index in [4.69, 9.17) is 16.0 Å². The Bertz CT molecular complexity index is 853. The highest BCUT2D eigenvalue weighted by Gasteiger charge is 2.20. The maximum Gasteiger partial charge on any atom is 0.303 e. The minimum Gasteiger partial charge on any atom is -0.497 e. The van der Waals surface area contributed by atoms with Crippen molar-refractivity contribution < 1.29 is 25.5 Å². The number of hydrogen-bond acceptors (Lipinski definition) is 4. The van der Waals surface area contributed by atoms with Crippen LogP contribution in [0.25, 0.3) is 0 Å². The van der Waals surface area contributed by atoms with E-state index in [0.29, 0.717) is 35.7 Å². The number of aliphatic carboxylic acids is 1. The third kappa shape index (κ3) is 7.10. The van der Waals surface area contributed by atoms with Gasteiger partial charge in [-0.25, -0.2) is 0 Å². The lowest BCUT2D eigenvalue weighted by molar-refractivity contribution is -0.137. The van der Waals surface area contributed by atoms with Gasteiger partial charge in [0, 0.05) is 30.1 Å². The van der Waals surface area contributed by atoms with Crippen LogP contribution in [0.2, 0.25) is 0 Å². The third-order valence-corrected chi connectivity index (χ3v) is 4.62. The van der Waals surface area contributed by atoms with E-state index in [9.17, 15) is 9.59 Å². The standard InChI is InChI=1S/C24H31NO5/c1-18(2)25(24(28)19-12-14-21(29-3)15-13-19)17-20-9-6-7-10-22(20)30-16-8-4-5-11-23(26)27/h6-7,9-10,12-15,18H,4-5,8,11,16-17H2,1-3H3,(H,26,27)/i17D. The molecule has 1 N–H and O–H groups in total. The smallest absolute Gasteiger partial charge is 0.303 e. The first-order valence-electron chi connectivity index (χ1n) is 10.8. The lowest BCUT2D eigenvalue weighted by Gasteiger charge is -2.28. The highest BCUT2D eigenvalue weighted by atomic mass is 16.5. The minimum absolute atomic E-state index is 0.155. The van der Waals surface area contributed by atoms with Gasteiger partial charge in [-0.2, -0.15) is 0 Å². The van der Waals surface area contributed by atoms with Crippen molar-refractivity contribution in [1.29, 1.82) is 0 Å². The SMILES string of the molecule is [2H]C(c1ccccc1OCCCCCC(=O)O)N(C(=O)c1ccc(OC)cc1)C(C)C. The topological polar surface area (TPSA) is 76.1 Å². The van der Waals surface area contributed by atoms with Crippen molar-refractivity contribution in [3.63, 3.8) is 0 Å². The molecular weight excluding hydrogens is 382 g/mol. The molecule has 30 heavy (non-hydrogen) atoms. The first-order chi connectivity index (χ1) is 14.8. The van der Waals surface area contributed by atoms with E-state index in [1.165, 1.54) is 4.90 Å². The van der Waals surface area contributed by atoms with Crippen LogP contribution in [-0.2, 0) is 11.3 Å². The number of ether oxygens (including phenoxy) is 2. The van der Waals surface area contributed by atoms with Crippen LogP contribution < -0.4 is 9.47 Å². The van der Waals surface area contributed by atoms with Crippen LogP contribution >= 0.6 is 0 Å². The van der Waals surface area contributed by atoms with E-state index >= 15 is 0 Å². The third-order valence-electron chi connectivity index (χ3n) is 4.62. The molecule has 0 aromatic heterocycles. The number of carbonyl (C=O) groups is 2. The molecule has 0 spiro atoms. The molecule has 0 saturated heterocycles. The van der Waals surface area contributed by atoms with Crippen molar-refractivity contribution in [2.45, 2.75) is 52.1 Å². The number of unbranched alkanes of at least 4 members (excludes halogenated alkanes) is 2. The van der Waals surface area contributed by atoms with Gasteiger partial charge in [0.25, 0.3) is 5.91 Å². The number of carbonyl (C=O) groups excluding carboxylic acids is 1. The van der Waals surface area contributed by atoms with Gasteiger partial charge in [0.2, 0.25) is 0 Å². The highest BCUT2D eigenvalue weighted by molar-refractivity contribution is 5.94. The van der Waals surface area contributed by atoms with Crippen molar-refractivity contribution >= 4 is 11.9 Å². The van der Waals surface area contributed by atoms with Crippen LogP contribution in [0.1, 0.15) is 56.8 Å². The summed E-state index contributed by atoms with van der Waals surface area (Å²) in [5.41, 5.74) is 1.10. The summed E-state index contributed by atoms with van der Waals surface area (Å²) in [5.74, 6) is 0.200. The van der Waals surface area contributed by atoms with Gasteiger partial charge in [0.05, 0.1) is 15.1 Å². The molecule has 6 heteroatoms. The summed E-state index contributed by atoms with van der Waals surface area (Å²) in [6.45, 7) is 3.26. The van der Waals surface area contributed by atoms with Crippen LogP contribution in [0.15, 0.2) is 48.5 Å². The zero-order valence-corrected chi connectivity index (χ0v) is 17.8. The second-order valence-corrected chi connectivity index (χ2v) is 7.25. The van der Waals surface area contributed by atoms with Gasteiger partial charge in [-0.05, 0) is 63.4 Å². The van der Waals surface area contributed by atoms with Crippen molar-refractivity contribution in [3.8, 4) is 11.5 Å². The summed E-state index contributed by atoms with van der Waals surface area (Å²) in [5, 5.41) is 8.71. The number of carboxylic acid groups (broad SMARTS) is 1. The second-order valence-electron chi connectivity index (χ2n) is 7.25. The van der Waals surface area contributed by atoms with Crippen molar-refractivity contribution in [2.75, 3.05) is 13.7 Å². The molecule has 2 rings (SSSR count). The number of hydrogen-bond donors (Lipinski definition) is 1. The average molecular weight is 415 g/mol. The van der Waals surface area contributed by atoms with E-state index in [1.54, 1.807) is 43.5 Å². The first kappa shape index (κ1) is 21.7. The van der Waals surface area contributed by atoms with Gasteiger partial charge in [0.1, 0.15) is 11.5 Å². The lowest BCUT2D eigenvalue weighted by atomic mass is 10.1. The molecule has 0 heterocycles. The second kappa shape index (κ2) is 11.9. The minimum atomic E-state index is -0.933. The van der Waals surface area contributed by atoms with Crippen LogP contribution in [0.4, 0.5) is 0 Å². The molecule has 1 unspecified atom stereocenters. The number of benzene rings is 2. The molecule has 162 valence electrons.